The summed E-state index contributed by atoms with van der Waals surface area (Å²) in [4.78, 5) is 24.4. The lowest BCUT2D eigenvalue weighted by Gasteiger charge is -2.20. The Hall–Kier alpha value is -2.50. The number of para-hydroxylation sites is 1. The van der Waals surface area contributed by atoms with Crippen molar-refractivity contribution < 1.29 is 24.2 Å². The molecule has 0 saturated carbocycles. The van der Waals surface area contributed by atoms with Crippen molar-refractivity contribution in [3.8, 4) is 11.5 Å². The number of rotatable bonds is 7. The number of methoxy groups -OCH3 is 2. The Kier molecular flexibility index (Phi) is 5.58. The van der Waals surface area contributed by atoms with Crippen LogP contribution in [-0.2, 0) is 4.79 Å². The van der Waals surface area contributed by atoms with E-state index >= 15 is 0 Å². The molecule has 1 rings (SSSR count). The number of carboxylic acids is 1. The van der Waals surface area contributed by atoms with E-state index in [0.29, 0.717) is 5.75 Å². The van der Waals surface area contributed by atoms with Crippen LogP contribution in [0.15, 0.2) is 30.9 Å². The fourth-order valence-corrected chi connectivity index (χ4v) is 1.76. The molecule has 0 unspecified atom stereocenters. The van der Waals surface area contributed by atoms with Crippen LogP contribution in [0.5, 0.6) is 11.5 Å². The van der Waals surface area contributed by atoms with E-state index in [2.05, 4.69) is 6.58 Å². The Morgan fingerprint density at radius 1 is 1.35 bits per heavy atom. The van der Waals surface area contributed by atoms with E-state index in [1.807, 2.05) is 0 Å². The molecule has 6 heteroatoms. The van der Waals surface area contributed by atoms with Crippen LogP contribution in [-0.4, -0.2) is 49.2 Å². The Labute approximate surface area is 117 Å². The van der Waals surface area contributed by atoms with Gasteiger partial charge in [-0.3, -0.25) is 9.59 Å². The monoisotopic (exact) mass is 279 g/mol. The largest absolute Gasteiger partial charge is 0.493 e. The van der Waals surface area contributed by atoms with E-state index in [4.69, 9.17) is 14.6 Å². The molecule has 0 aromatic heterocycles. The van der Waals surface area contributed by atoms with E-state index in [1.54, 1.807) is 18.2 Å². The second kappa shape index (κ2) is 7.18. The molecule has 0 aliphatic heterocycles. The van der Waals surface area contributed by atoms with Crippen molar-refractivity contribution in [3.63, 3.8) is 0 Å². The number of aliphatic carboxylic acids is 1. The fraction of sp³-hybridized carbons (Fsp3) is 0.286. The van der Waals surface area contributed by atoms with Crippen LogP contribution >= 0.6 is 0 Å². The normalized spacial score (nSPS) is 9.70. The van der Waals surface area contributed by atoms with Crippen molar-refractivity contribution in [2.45, 2.75) is 0 Å². The number of carbonyl (C=O) groups is 2. The van der Waals surface area contributed by atoms with Crippen LogP contribution in [0.25, 0.3) is 0 Å². The molecule has 1 aromatic carbocycles. The highest BCUT2D eigenvalue weighted by molar-refractivity contribution is 5.99. The Morgan fingerprint density at radius 2 is 2.05 bits per heavy atom. The van der Waals surface area contributed by atoms with Gasteiger partial charge in [0.1, 0.15) is 6.54 Å². The molecule has 0 fully saturated rings. The molecule has 0 spiro atoms. The maximum atomic E-state index is 12.4. The van der Waals surface area contributed by atoms with Crippen LogP contribution in [0, 0.1) is 0 Å². The molecule has 1 aromatic rings. The van der Waals surface area contributed by atoms with Crippen LogP contribution in [0.4, 0.5) is 0 Å². The van der Waals surface area contributed by atoms with Crippen LogP contribution in [0.3, 0.4) is 0 Å². The van der Waals surface area contributed by atoms with Crippen molar-refractivity contribution in [1.82, 2.24) is 4.90 Å². The number of carboxylic acid groups (broad SMARTS) is 1. The van der Waals surface area contributed by atoms with Crippen LogP contribution in [0.2, 0.25) is 0 Å². The summed E-state index contributed by atoms with van der Waals surface area (Å²) in [7, 11) is 2.88. The predicted octanol–water partition coefficient (Wildman–Crippen LogP) is 1.42. The standard InChI is InChI=1S/C14H17NO5/c1-4-8-15(9-12(16)17)14(18)10-6-5-7-11(19-2)13(10)20-3/h4-7H,1,8-9H2,2-3H3,(H,16,17). The Balaban J connectivity index is 3.16. The quantitative estimate of drug-likeness (QED) is 0.764. The van der Waals surface area contributed by atoms with Gasteiger partial charge in [-0.25, -0.2) is 0 Å². The minimum Gasteiger partial charge on any atom is -0.493 e. The molecule has 0 saturated heterocycles. The van der Waals surface area contributed by atoms with Gasteiger partial charge in [-0.15, -0.1) is 6.58 Å². The SMILES string of the molecule is C=CCN(CC(=O)O)C(=O)c1cccc(OC)c1OC. The maximum Gasteiger partial charge on any atom is 0.323 e. The van der Waals surface area contributed by atoms with Gasteiger partial charge in [-0.2, -0.15) is 0 Å². The smallest absolute Gasteiger partial charge is 0.323 e. The van der Waals surface area contributed by atoms with Crippen LogP contribution in [0.1, 0.15) is 10.4 Å². The number of hydrogen-bond donors (Lipinski definition) is 1. The van der Waals surface area contributed by atoms with Gasteiger partial charge < -0.3 is 19.5 Å². The van der Waals surface area contributed by atoms with Crippen molar-refractivity contribution in [3.05, 3.63) is 36.4 Å². The van der Waals surface area contributed by atoms with Gasteiger partial charge in [0.15, 0.2) is 11.5 Å². The molecular weight excluding hydrogens is 262 g/mol. The molecular formula is C14H17NO5. The first-order valence-electron chi connectivity index (χ1n) is 5.88. The second-order valence-corrected chi connectivity index (χ2v) is 3.91. The molecule has 1 N–H and O–H groups in total. The zero-order chi connectivity index (χ0) is 15.1. The average Bonchev–Trinajstić information content (AvgIpc) is 2.44. The van der Waals surface area contributed by atoms with E-state index in [-0.39, 0.29) is 17.9 Å². The Bertz CT molecular complexity index is 512. The lowest BCUT2D eigenvalue weighted by molar-refractivity contribution is -0.137. The highest BCUT2D eigenvalue weighted by Gasteiger charge is 2.22. The summed E-state index contributed by atoms with van der Waals surface area (Å²) in [6.07, 6.45) is 1.47. The van der Waals surface area contributed by atoms with Gasteiger partial charge in [0.05, 0.1) is 19.8 Å². The number of hydrogen-bond acceptors (Lipinski definition) is 4. The molecule has 0 heterocycles. The maximum absolute atomic E-state index is 12.4. The summed E-state index contributed by atoms with van der Waals surface area (Å²) in [5.74, 6) is -0.864. The summed E-state index contributed by atoms with van der Waals surface area (Å²) in [5, 5.41) is 8.85. The fourth-order valence-electron chi connectivity index (χ4n) is 1.76. The highest BCUT2D eigenvalue weighted by atomic mass is 16.5. The van der Waals surface area contributed by atoms with Crippen molar-refractivity contribution in [1.29, 1.82) is 0 Å². The van der Waals surface area contributed by atoms with Gasteiger partial charge in [-0.1, -0.05) is 12.1 Å². The van der Waals surface area contributed by atoms with Gasteiger partial charge in [0.25, 0.3) is 5.91 Å². The highest BCUT2D eigenvalue weighted by Crippen LogP contribution is 2.31. The minimum atomic E-state index is -1.10. The zero-order valence-corrected chi connectivity index (χ0v) is 11.5. The van der Waals surface area contributed by atoms with E-state index in [9.17, 15) is 9.59 Å². The number of carbonyl (C=O) groups excluding carboxylic acids is 1. The molecule has 0 bridgehead atoms. The van der Waals surface area contributed by atoms with Gasteiger partial charge in [0.2, 0.25) is 0 Å². The first kappa shape index (κ1) is 15.6. The Morgan fingerprint density at radius 3 is 2.55 bits per heavy atom. The summed E-state index contributed by atoms with van der Waals surface area (Å²) in [5.41, 5.74) is 0.245. The van der Waals surface area contributed by atoms with Crippen molar-refractivity contribution in [2.24, 2.45) is 0 Å². The lowest BCUT2D eigenvalue weighted by atomic mass is 10.1. The first-order chi connectivity index (χ1) is 9.54. The summed E-state index contributed by atoms with van der Waals surface area (Å²) >= 11 is 0. The third kappa shape index (κ3) is 3.50. The van der Waals surface area contributed by atoms with Crippen molar-refractivity contribution >= 4 is 11.9 Å². The number of amides is 1. The molecule has 0 radical (unpaired) electrons. The summed E-state index contributed by atoms with van der Waals surface area (Å²) in [6.45, 7) is 3.24. The second-order valence-electron chi connectivity index (χ2n) is 3.91. The summed E-state index contributed by atoms with van der Waals surface area (Å²) in [6, 6.07) is 4.85. The first-order valence-corrected chi connectivity index (χ1v) is 5.88. The van der Waals surface area contributed by atoms with E-state index in [1.165, 1.54) is 20.3 Å². The van der Waals surface area contributed by atoms with Crippen LogP contribution < -0.4 is 9.47 Å². The number of ether oxygens (including phenoxy) is 2. The minimum absolute atomic E-state index is 0.130. The molecule has 20 heavy (non-hydrogen) atoms. The molecule has 108 valence electrons. The summed E-state index contributed by atoms with van der Waals surface area (Å²) < 4.78 is 10.3. The number of benzene rings is 1. The van der Waals surface area contributed by atoms with Gasteiger partial charge in [-0.05, 0) is 12.1 Å². The average molecular weight is 279 g/mol. The molecule has 0 aliphatic carbocycles. The topological polar surface area (TPSA) is 76.1 Å². The molecule has 0 aliphatic rings. The van der Waals surface area contributed by atoms with Gasteiger partial charge >= 0.3 is 5.97 Å². The van der Waals surface area contributed by atoms with Crippen molar-refractivity contribution in [2.75, 3.05) is 27.3 Å². The molecule has 1 amide bonds. The zero-order valence-electron chi connectivity index (χ0n) is 11.5. The molecule has 6 nitrogen and oxygen atoms in total. The third-order valence-electron chi connectivity index (χ3n) is 2.60. The predicted molar refractivity (Wildman–Crippen MR) is 73.3 cm³/mol. The number of nitrogens with zero attached hydrogens (tertiary/aromatic N) is 1. The lowest BCUT2D eigenvalue weighted by Crippen LogP contribution is -2.36. The third-order valence-corrected chi connectivity index (χ3v) is 2.60. The van der Waals surface area contributed by atoms with E-state index in [0.717, 1.165) is 4.90 Å². The molecule has 0 atom stereocenters. The van der Waals surface area contributed by atoms with Gasteiger partial charge in [0, 0.05) is 6.54 Å². The van der Waals surface area contributed by atoms with E-state index < -0.39 is 18.4 Å².